The van der Waals surface area contributed by atoms with Crippen molar-refractivity contribution in [1.29, 1.82) is 0 Å². The number of amides is 2. The van der Waals surface area contributed by atoms with Crippen LogP contribution in [0.2, 0.25) is 0 Å². The van der Waals surface area contributed by atoms with Gasteiger partial charge in [0.25, 0.3) is 0 Å². The number of piperazine rings is 1. The number of hydrogen-bond donors (Lipinski definition) is 1. The van der Waals surface area contributed by atoms with Crippen molar-refractivity contribution in [3.8, 4) is 0 Å². The maximum Gasteiger partial charge on any atom is 0.245 e. The number of rotatable bonds is 3. The zero-order valence-corrected chi connectivity index (χ0v) is 9.71. The number of nitrogens with zero attached hydrogens (tertiary/aromatic N) is 3. The average molecular weight is 238 g/mol. The molecule has 2 rings (SSSR count). The van der Waals surface area contributed by atoms with Gasteiger partial charge in [0.15, 0.2) is 5.82 Å². The molecule has 92 valence electrons. The van der Waals surface area contributed by atoms with Crippen LogP contribution in [0.5, 0.6) is 0 Å². The molecule has 2 atom stereocenters. The maximum atomic E-state index is 11.9. The first kappa shape index (κ1) is 11.6. The molecule has 0 bridgehead atoms. The van der Waals surface area contributed by atoms with E-state index in [0.717, 1.165) is 0 Å². The molecule has 1 fully saturated rings. The Hall–Kier alpha value is -1.92. The first-order valence-corrected chi connectivity index (χ1v) is 5.45. The van der Waals surface area contributed by atoms with Crippen LogP contribution in [0.4, 0.5) is 0 Å². The van der Waals surface area contributed by atoms with E-state index in [1.165, 1.54) is 6.39 Å². The lowest BCUT2D eigenvalue weighted by Gasteiger charge is -2.35. The Morgan fingerprint density at radius 2 is 2.24 bits per heavy atom. The highest BCUT2D eigenvalue weighted by molar-refractivity contribution is 5.96. The monoisotopic (exact) mass is 238 g/mol. The fraction of sp³-hybridized carbons (Fsp3) is 0.600. The fourth-order valence-corrected chi connectivity index (χ4v) is 1.80. The smallest absolute Gasteiger partial charge is 0.245 e. The fourth-order valence-electron chi connectivity index (χ4n) is 1.80. The highest BCUT2D eigenvalue weighted by Gasteiger charge is 2.35. The Bertz CT molecular complexity index is 417. The second-order valence-corrected chi connectivity index (χ2v) is 4.04. The van der Waals surface area contributed by atoms with Gasteiger partial charge in [0.2, 0.25) is 18.2 Å². The lowest BCUT2D eigenvalue weighted by molar-refractivity contribution is -0.148. The van der Waals surface area contributed by atoms with Crippen LogP contribution in [-0.4, -0.2) is 45.5 Å². The second kappa shape index (κ2) is 4.52. The zero-order chi connectivity index (χ0) is 12.4. The van der Waals surface area contributed by atoms with Gasteiger partial charge in [-0.05, 0) is 13.8 Å². The summed E-state index contributed by atoms with van der Waals surface area (Å²) in [7, 11) is 0. The van der Waals surface area contributed by atoms with Crippen LogP contribution >= 0.6 is 0 Å². The molecule has 1 aliphatic heterocycles. The number of hydrogen-bond acceptors (Lipinski definition) is 5. The van der Waals surface area contributed by atoms with E-state index in [2.05, 4.69) is 20.0 Å². The molecule has 1 saturated heterocycles. The average Bonchev–Trinajstić information content (AvgIpc) is 2.79. The Morgan fingerprint density at radius 3 is 2.88 bits per heavy atom. The standard InChI is InChI=1S/C10H14N4O3/c1-6-10(16)14(7(2)9(15)12-6)4-3-8-11-5-17-13-8/h5-7H,3-4H2,1-2H3,(H,12,15). The first-order valence-electron chi connectivity index (χ1n) is 5.45. The van der Waals surface area contributed by atoms with E-state index < -0.39 is 12.1 Å². The predicted octanol–water partition coefficient (Wildman–Crippen LogP) is -0.653. The molecule has 0 radical (unpaired) electrons. The van der Waals surface area contributed by atoms with E-state index in [1.807, 2.05) is 0 Å². The van der Waals surface area contributed by atoms with Gasteiger partial charge in [0, 0.05) is 13.0 Å². The summed E-state index contributed by atoms with van der Waals surface area (Å²) in [6.45, 7) is 3.79. The molecule has 0 saturated carbocycles. The van der Waals surface area contributed by atoms with Gasteiger partial charge in [-0.15, -0.1) is 0 Å². The van der Waals surface area contributed by atoms with Gasteiger partial charge in [-0.25, -0.2) is 0 Å². The minimum absolute atomic E-state index is 0.0828. The number of carbonyl (C=O) groups is 2. The highest BCUT2D eigenvalue weighted by Crippen LogP contribution is 2.10. The van der Waals surface area contributed by atoms with Crippen molar-refractivity contribution in [2.45, 2.75) is 32.4 Å². The third kappa shape index (κ3) is 2.27. The molecule has 1 aromatic heterocycles. The van der Waals surface area contributed by atoms with Crippen molar-refractivity contribution in [3.05, 3.63) is 12.2 Å². The topological polar surface area (TPSA) is 88.3 Å². The van der Waals surface area contributed by atoms with Crippen LogP contribution in [0.3, 0.4) is 0 Å². The van der Waals surface area contributed by atoms with E-state index >= 15 is 0 Å². The summed E-state index contributed by atoms with van der Waals surface area (Å²) in [6.07, 6.45) is 1.72. The Balaban J connectivity index is 2.02. The van der Waals surface area contributed by atoms with Crippen LogP contribution in [-0.2, 0) is 16.0 Å². The molecule has 17 heavy (non-hydrogen) atoms. The molecule has 0 aliphatic carbocycles. The van der Waals surface area contributed by atoms with Gasteiger partial charge in [0.05, 0.1) is 0 Å². The molecule has 0 aromatic carbocycles. The van der Waals surface area contributed by atoms with Gasteiger partial charge in [-0.2, -0.15) is 4.98 Å². The normalized spacial score (nSPS) is 24.9. The van der Waals surface area contributed by atoms with Gasteiger partial charge >= 0.3 is 0 Å². The summed E-state index contributed by atoms with van der Waals surface area (Å²) < 4.78 is 4.61. The number of aromatic nitrogens is 2. The van der Waals surface area contributed by atoms with E-state index in [1.54, 1.807) is 18.7 Å². The lowest BCUT2D eigenvalue weighted by Crippen LogP contribution is -2.61. The molecular weight excluding hydrogens is 224 g/mol. The molecule has 0 spiro atoms. The van der Waals surface area contributed by atoms with E-state index in [-0.39, 0.29) is 11.8 Å². The van der Waals surface area contributed by atoms with Crippen molar-refractivity contribution in [2.75, 3.05) is 6.54 Å². The van der Waals surface area contributed by atoms with Gasteiger partial charge < -0.3 is 14.7 Å². The van der Waals surface area contributed by atoms with Crippen molar-refractivity contribution in [2.24, 2.45) is 0 Å². The van der Waals surface area contributed by atoms with Crippen LogP contribution in [0, 0.1) is 0 Å². The van der Waals surface area contributed by atoms with Gasteiger partial charge in [-0.1, -0.05) is 5.16 Å². The number of carbonyl (C=O) groups excluding carboxylic acids is 2. The summed E-state index contributed by atoms with van der Waals surface area (Å²) in [4.78, 5) is 28.9. The van der Waals surface area contributed by atoms with Crippen molar-refractivity contribution in [3.63, 3.8) is 0 Å². The van der Waals surface area contributed by atoms with Gasteiger partial charge in [0.1, 0.15) is 12.1 Å². The molecule has 2 heterocycles. The van der Waals surface area contributed by atoms with Crippen LogP contribution < -0.4 is 5.32 Å². The molecule has 7 nitrogen and oxygen atoms in total. The molecule has 2 unspecified atom stereocenters. The molecule has 7 heteroatoms. The molecular formula is C10H14N4O3. The zero-order valence-electron chi connectivity index (χ0n) is 9.71. The Morgan fingerprint density at radius 1 is 1.47 bits per heavy atom. The summed E-state index contributed by atoms with van der Waals surface area (Å²) in [5.74, 6) is 0.314. The largest absolute Gasteiger partial charge is 0.343 e. The molecule has 1 aromatic rings. The molecule has 2 amide bonds. The van der Waals surface area contributed by atoms with E-state index in [0.29, 0.717) is 18.8 Å². The van der Waals surface area contributed by atoms with Crippen LogP contribution in [0.15, 0.2) is 10.9 Å². The Labute approximate surface area is 98.2 Å². The van der Waals surface area contributed by atoms with E-state index in [9.17, 15) is 9.59 Å². The van der Waals surface area contributed by atoms with Crippen molar-refractivity contribution in [1.82, 2.24) is 20.4 Å². The third-order valence-corrected chi connectivity index (χ3v) is 2.84. The highest BCUT2D eigenvalue weighted by atomic mass is 16.5. The lowest BCUT2D eigenvalue weighted by atomic mass is 10.1. The van der Waals surface area contributed by atoms with Crippen molar-refractivity contribution < 1.29 is 14.1 Å². The number of nitrogens with one attached hydrogen (secondary N) is 1. The minimum Gasteiger partial charge on any atom is -0.343 e. The van der Waals surface area contributed by atoms with Crippen molar-refractivity contribution >= 4 is 11.8 Å². The van der Waals surface area contributed by atoms with Crippen LogP contribution in [0.25, 0.3) is 0 Å². The van der Waals surface area contributed by atoms with Crippen LogP contribution in [0.1, 0.15) is 19.7 Å². The summed E-state index contributed by atoms with van der Waals surface area (Å²) in [5.41, 5.74) is 0. The molecule has 1 aliphatic rings. The van der Waals surface area contributed by atoms with Gasteiger partial charge in [-0.3, -0.25) is 9.59 Å². The first-order chi connectivity index (χ1) is 8.09. The molecule has 1 N–H and O–H groups in total. The quantitative estimate of drug-likeness (QED) is 0.755. The Kier molecular flexibility index (Phi) is 3.08. The minimum atomic E-state index is -0.469. The van der Waals surface area contributed by atoms with E-state index in [4.69, 9.17) is 0 Å². The maximum absolute atomic E-state index is 11.9. The summed E-state index contributed by atoms with van der Waals surface area (Å²) in [5, 5.41) is 6.29. The predicted molar refractivity (Wildman–Crippen MR) is 56.8 cm³/mol. The second-order valence-electron chi connectivity index (χ2n) is 4.04. The summed E-state index contributed by atoms with van der Waals surface area (Å²) in [6, 6.07) is -0.922. The summed E-state index contributed by atoms with van der Waals surface area (Å²) >= 11 is 0. The third-order valence-electron chi connectivity index (χ3n) is 2.84. The SMILES string of the molecule is CC1NC(=O)C(C)N(CCc2ncon2)C1=O.